The van der Waals surface area contributed by atoms with E-state index in [0.29, 0.717) is 6.42 Å². The number of carbonyl (C=O) groups excluding carboxylic acids is 2. The Morgan fingerprint density at radius 2 is 1.94 bits per heavy atom. The molecule has 1 amide bonds. The summed E-state index contributed by atoms with van der Waals surface area (Å²) < 4.78 is 0. The number of benzene rings is 1. The number of Topliss-reactive ketones (excluding diaryl/α,β-unsaturated/α-hetero) is 1. The Kier molecular flexibility index (Phi) is 5.58. The van der Waals surface area contributed by atoms with Gasteiger partial charge < -0.3 is 15.5 Å². The predicted octanol–water partition coefficient (Wildman–Crippen LogP) is 5.42. The number of nitrogens with one attached hydrogen (secondary N) is 2. The molecule has 0 radical (unpaired) electrons. The number of carbonyl (C=O) groups is 2. The molecule has 1 aromatic heterocycles. The molecule has 3 aliphatic rings. The van der Waals surface area contributed by atoms with Crippen LogP contribution in [-0.2, 0) is 9.59 Å². The quantitative estimate of drug-likeness (QED) is 0.654. The minimum atomic E-state index is -0.265. The van der Waals surface area contributed by atoms with Gasteiger partial charge in [0.05, 0.1) is 24.0 Å². The molecule has 2 aliphatic carbocycles. The summed E-state index contributed by atoms with van der Waals surface area (Å²) in [6.07, 6.45) is 5.81. The van der Waals surface area contributed by atoms with E-state index in [-0.39, 0.29) is 35.7 Å². The molecule has 1 saturated carbocycles. The Labute approximate surface area is 193 Å². The third-order valence-electron chi connectivity index (χ3n) is 6.85. The average Bonchev–Trinajstić information content (AvgIpc) is 3.41. The van der Waals surface area contributed by atoms with Crippen LogP contribution in [0.1, 0.15) is 63.3 Å². The molecule has 1 aliphatic heterocycles. The first-order valence-corrected chi connectivity index (χ1v) is 12.5. The number of rotatable bonds is 4. The molecule has 32 heavy (non-hydrogen) atoms. The van der Waals surface area contributed by atoms with Crippen LogP contribution < -0.4 is 15.5 Å². The van der Waals surface area contributed by atoms with Crippen LogP contribution in [0.15, 0.2) is 53.0 Å². The summed E-state index contributed by atoms with van der Waals surface area (Å²) in [4.78, 5) is 30.0. The minimum absolute atomic E-state index is 0.0286. The van der Waals surface area contributed by atoms with Gasteiger partial charge in [0.15, 0.2) is 5.78 Å². The smallest absolute Gasteiger partial charge is 0.239 e. The van der Waals surface area contributed by atoms with Gasteiger partial charge in [-0.25, -0.2) is 0 Å². The van der Waals surface area contributed by atoms with E-state index in [1.54, 1.807) is 11.3 Å². The minimum Gasteiger partial charge on any atom is -0.357 e. The highest BCUT2D eigenvalue weighted by Crippen LogP contribution is 2.48. The fourth-order valence-electron chi connectivity index (χ4n) is 5.47. The standard InChI is InChI=1S/C26H31N3O2S/c1-26(2)14-19-24(21(30)15-26)25(22-12-7-13-32-22)29(20-11-6-5-10-18(20)28-19)16-23(31)27-17-8-3-4-9-17/h5-7,10-13,17,25,28H,3-4,8-9,14-16H2,1-2H3,(H,27,31). The lowest BCUT2D eigenvalue weighted by Crippen LogP contribution is -2.44. The highest BCUT2D eigenvalue weighted by molar-refractivity contribution is 7.10. The summed E-state index contributed by atoms with van der Waals surface area (Å²) in [7, 11) is 0. The number of thiophene rings is 1. The molecule has 1 fully saturated rings. The molecule has 0 saturated heterocycles. The molecule has 1 aromatic carbocycles. The van der Waals surface area contributed by atoms with Gasteiger partial charge in [0.25, 0.3) is 0 Å². The van der Waals surface area contributed by atoms with E-state index in [2.05, 4.69) is 41.5 Å². The lowest BCUT2D eigenvalue weighted by atomic mass is 9.74. The molecular formula is C26H31N3O2S. The zero-order chi connectivity index (χ0) is 22.3. The van der Waals surface area contributed by atoms with Crippen LogP contribution in [-0.4, -0.2) is 24.3 Å². The molecule has 0 spiro atoms. The van der Waals surface area contributed by atoms with Crippen LogP contribution in [0.2, 0.25) is 0 Å². The Hall–Kier alpha value is -2.60. The zero-order valence-corrected chi connectivity index (χ0v) is 19.6. The second-order valence-corrected chi connectivity index (χ2v) is 11.0. The van der Waals surface area contributed by atoms with Crippen LogP contribution in [0.5, 0.6) is 0 Å². The average molecular weight is 450 g/mol. The number of ketones is 1. The Bertz CT molecular complexity index is 1050. The van der Waals surface area contributed by atoms with Gasteiger partial charge in [-0.15, -0.1) is 11.3 Å². The number of hydrogen-bond acceptors (Lipinski definition) is 5. The van der Waals surface area contributed by atoms with E-state index < -0.39 is 0 Å². The zero-order valence-electron chi connectivity index (χ0n) is 18.8. The van der Waals surface area contributed by atoms with Crippen molar-refractivity contribution in [3.8, 4) is 0 Å². The first-order chi connectivity index (χ1) is 15.4. The molecule has 5 nitrogen and oxygen atoms in total. The second-order valence-electron chi connectivity index (χ2n) is 10.1. The van der Waals surface area contributed by atoms with Gasteiger partial charge in [0.2, 0.25) is 5.91 Å². The largest absolute Gasteiger partial charge is 0.357 e. The van der Waals surface area contributed by atoms with Gasteiger partial charge in [0.1, 0.15) is 0 Å². The number of anilines is 2. The maximum absolute atomic E-state index is 13.5. The van der Waals surface area contributed by atoms with Crippen molar-refractivity contribution in [2.75, 3.05) is 16.8 Å². The molecule has 1 atom stereocenters. The first kappa shape index (κ1) is 21.3. The molecular weight excluding hydrogens is 418 g/mol. The lowest BCUT2D eigenvalue weighted by Gasteiger charge is -2.37. The number of hydrogen-bond donors (Lipinski definition) is 2. The number of nitrogens with zero attached hydrogens (tertiary/aromatic N) is 1. The highest BCUT2D eigenvalue weighted by Gasteiger charge is 2.42. The number of amides is 1. The molecule has 2 heterocycles. The van der Waals surface area contributed by atoms with Gasteiger partial charge in [-0.3, -0.25) is 9.59 Å². The van der Waals surface area contributed by atoms with Crippen LogP contribution in [0, 0.1) is 5.41 Å². The van der Waals surface area contributed by atoms with Crippen molar-refractivity contribution in [3.05, 3.63) is 57.9 Å². The molecule has 5 rings (SSSR count). The molecule has 0 bridgehead atoms. The first-order valence-electron chi connectivity index (χ1n) is 11.6. The van der Waals surface area contributed by atoms with Crippen molar-refractivity contribution in [3.63, 3.8) is 0 Å². The third-order valence-corrected chi connectivity index (χ3v) is 7.78. The fraction of sp³-hybridized carbons (Fsp3) is 0.462. The van der Waals surface area contributed by atoms with Crippen molar-refractivity contribution in [1.29, 1.82) is 0 Å². The highest BCUT2D eigenvalue weighted by atomic mass is 32.1. The van der Waals surface area contributed by atoms with Gasteiger partial charge in [-0.1, -0.05) is 44.9 Å². The second kappa shape index (κ2) is 8.39. The van der Waals surface area contributed by atoms with Crippen molar-refractivity contribution in [2.45, 2.75) is 64.5 Å². The van der Waals surface area contributed by atoms with Crippen LogP contribution in [0.3, 0.4) is 0 Å². The van der Waals surface area contributed by atoms with Gasteiger partial charge in [-0.05, 0) is 48.3 Å². The summed E-state index contributed by atoms with van der Waals surface area (Å²) in [5.41, 5.74) is 3.64. The maximum Gasteiger partial charge on any atom is 0.239 e. The van der Waals surface area contributed by atoms with Crippen LogP contribution >= 0.6 is 11.3 Å². The summed E-state index contributed by atoms with van der Waals surface area (Å²) in [6.45, 7) is 4.53. The summed E-state index contributed by atoms with van der Waals surface area (Å²) in [5.74, 6) is 0.206. The van der Waals surface area contributed by atoms with E-state index in [1.165, 1.54) is 12.8 Å². The van der Waals surface area contributed by atoms with E-state index in [1.807, 2.05) is 29.6 Å². The van der Waals surface area contributed by atoms with E-state index in [0.717, 1.165) is 46.8 Å². The van der Waals surface area contributed by atoms with Gasteiger partial charge >= 0.3 is 0 Å². The number of para-hydroxylation sites is 2. The number of fused-ring (bicyclic) bond motifs is 1. The molecule has 2 aromatic rings. The van der Waals surface area contributed by atoms with E-state index in [9.17, 15) is 9.59 Å². The van der Waals surface area contributed by atoms with Gasteiger partial charge in [-0.2, -0.15) is 0 Å². The maximum atomic E-state index is 13.5. The Morgan fingerprint density at radius 3 is 2.69 bits per heavy atom. The topological polar surface area (TPSA) is 61.4 Å². The van der Waals surface area contributed by atoms with Crippen molar-refractivity contribution in [1.82, 2.24) is 5.32 Å². The van der Waals surface area contributed by atoms with E-state index >= 15 is 0 Å². The Morgan fingerprint density at radius 1 is 1.16 bits per heavy atom. The molecule has 168 valence electrons. The molecule has 1 unspecified atom stereocenters. The summed E-state index contributed by atoms with van der Waals surface area (Å²) in [6, 6.07) is 12.2. The van der Waals surface area contributed by atoms with Crippen molar-refractivity contribution < 1.29 is 9.59 Å². The number of allylic oxidation sites excluding steroid dienone is 1. The van der Waals surface area contributed by atoms with Gasteiger partial charge in [0, 0.05) is 28.6 Å². The summed E-state index contributed by atoms with van der Waals surface area (Å²) in [5, 5.41) is 8.90. The van der Waals surface area contributed by atoms with Crippen molar-refractivity contribution >= 4 is 34.4 Å². The SMILES string of the molecule is CC1(C)CC(=O)C2=C(C1)Nc1ccccc1N(CC(=O)NC1CCCC1)C2c1cccs1. The van der Waals surface area contributed by atoms with Crippen LogP contribution in [0.4, 0.5) is 11.4 Å². The van der Waals surface area contributed by atoms with E-state index in [4.69, 9.17) is 0 Å². The normalized spacial score (nSPS) is 22.8. The third kappa shape index (κ3) is 4.08. The monoisotopic (exact) mass is 449 g/mol. The fourth-order valence-corrected chi connectivity index (χ4v) is 6.31. The molecule has 2 N–H and O–H groups in total. The lowest BCUT2D eigenvalue weighted by molar-refractivity contribution is -0.121. The molecule has 6 heteroatoms. The Balaban J connectivity index is 1.60. The van der Waals surface area contributed by atoms with Crippen molar-refractivity contribution in [2.24, 2.45) is 5.41 Å². The summed E-state index contributed by atoms with van der Waals surface area (Å²) >= 11 is 1.65. The predicted molar refractivity (Wildman–Crippen MR) is 130 cm³/mol. The van der Waals surface area contributed by atoms with Crippen LogP contribution in [0.25, 0.3) is 0 Å².